The van der Waals surface area contributed by atoms with Crippen LogP contribution in [0, 0.1) is 11.6 Å². The Bertz CT molecular complexity index is 792. The van der Waals surface area contributed by atoms with Crippen molar-refractivity contribution in [1.82, 2.24) is 10.2 Å². The standard InChI is InChI=1S/C20H20F2N2OS2/c1-26-13-19-23-24-20(25-19)27-12-2-3-18(14-4-8-16(21)9-5-14)15-6-10-17(22)11-7-15/h4-11,18H,2-3,12-13H2,1H3. The minimum atomic E-state index is -0.260. The molecule has 0 aliphatic heterocycles. The zero-order valence-corrected chi connectivity index (χ0v) is 16.5. The Kier molecular flexibility index (Phi) is 7.29. The second-order valence-corrected chi connectivity index (χ2v) is 7.95. The van der Waals surface area contributed by atoms with E-state index in [-0.39, 0.29) is 17.6 Å². The smallest absolute Gasteiger partial charge is 0.276 e. The zero-order chi connectivity index (χ0) is 19.1. The van der Waals surface area contributed by atoms with Crippen LogP contribution in [0.25, 0.3) is 0 Å². The minimum absolute atomic E-state index is 0.0848. The molecule has 1 aromatic heterocycles. The summed E-state index contributed by atoms with van der Waals surface area (Å²) < 4.78 is 32.1. The molecule has 0 aliphatic rings. The van der Waals surface area contributed by atoms with Gasteiger partial charge in [-0.15, -0.1) is 10.2 Å². The molecule has 0 aliphatic carbocycles. The average molecular weight is 407 g/mol. The summed E-state index contributed by atoms with van der Waals surface area (Å²) in [7, 11) is 0. The summed E-state index contributed by atoms with van der Waals surface area (Å²) in [4.78, 5) is 0. The molecule has 0 bridgehead atoms. The van der Waals surface area contributed by atoms with Gasteiger partial charge in [-0.05, 0) is 54.5 Å². The molecule has 0 atom stereocenters. The number of aromatic nitrogens is 2. The first-order valence-corrected chi connectivity index (χ1v) is 11.0. The van der Waals surface area contributed by atoms with Crippen LogP contribution in [0.2, 0.25) is 0 Å². The van der Waals surface area contributed by atoms with Crippen LogP contribution in [0.4, 0.5) is 8.78 Å². The van der Waals surface area contributed by atoms with Crippen molar-refractivity contribution in [2.24, 2.45) is 0 Å². The maximum atomic E-state index is 13.3. The van der Waals surface area contributed by atoms with E-state index in [4.69, 9.17) is 4.42 Å². The molecule has 0 spiro atoms. The molecule has 27 heavy (non-hydrogen) atoms. The summed E-state index contributed by atoms with van der Waals surface area (Å²) >= 11 is 3.17. The van der Waals surface area contributed by atoms with Crippen molar-refractivity contribution in [1.29, 1.82) is 0 Å². The highest BCUT2D eigenvalue weighted by molar-refractivity contribution is 7.99. The largest absolute Gasteiger partial charge is 0.415 e. The molecule has 0 N–H and O–H groups in total. The summed E-state index contributed by atoms with van der Waals surface area (Å²) in [5, 5.41) is 8.62. The van der Waals surface area contributed by atoms with Gasteiger partial charge in [0.15, 0.2) is 0 Å². The molecule has 0 unspecified atom stereocenters. The lowest BCUT2D eigenvalue weighted by atomic mass is 9.88. The summed E-state index contributed by atoms with van der Waals surface area (Å²) in [5.74, 6) is 1.75. The van der Waals surface area contributed by atoms with Gasteiger partial charge in [0.1, 0.15) is 11.6 Å². The van der Waals surface area contributed by atoms with Crippen molar-refractivity contribution >= 4 is 23.5 Å². The average Bonchev–Trinajstić information content (AvgIpc) is 3.12. The quantitative estimate of drug-likeness (QED) is 0.326. The fraction of sp³-hybridized carbons (Fsp3) is 0.300. The lowest BCUT2D eigenvalue weighted by Crippen LogP contribution is -2.02. The second kappa shape index (κ2) is 9.90. The van der Waals surface area contributed by atoms with Crippen LogP contribution in [-0.2, 0) is 5.75 Å². The van der Waals surface area contributed by atoms with Crippen molar-refractivity contribution in [2.75, 3.05) is 12.0 Å². The van der Waals surface area contributed by atoms with Gasteiger partial charge in [0.05, 0.1) is 5.75 Å². The van der Waals surface area contributed by atoms with E-state index < -0.39 is 0 Å². The highest BCUT2D eigenvalue weighted by Gasteiger charge is 2.15. The highest BCUT2D eigenvalue weighted by Crippen LogP contribution is 2.31. The van der Waals surface area contributed by atoms with Gasteiger partial charge in [-0.2, -0.15) is 11.8 Å². The van der Waals surface area contributed by atoms with Crippen LogP contribution in [0.3, 0.4) is 0 Å². The number of halogens is 2. The van der Waals surface area contributed by atoms with Gasteiger partial charge in [-0.3, -0.25) is 0 Å². The molecule has 1 heterocycles. The van der Waals surface area contributed by atoms with Crippen LogP contribution in [-0.4, -0.2) is 22.2 Å². The van der Waals surface area contributed by atoms with Crippen LogP contribution in [0.1, 0.15) is 35.8 Å². The van der Waals surface area contributed by atoms with Crippen molar-refractivity contribution < 1.29 is 13.2 Å². The van der Waals surface area contributed by atoms with E-state index in [0.717, 1.165) is 29.7 Å². The Morgan fingerprint density at radius 2 is 1.52 bits per heavy atom. The van der Waals surface area contributed by atoms with Crippen molar-refractivity contribution in [3.05, 3.63) is 77.2 Å². The highest BCUT2D eigenvalue weighted by atomic mass is 32.2. The van der Waals surface area contributed by atoms with Crippen LogP contribution >= 0.6 is 23.5 Å². The molecular weight excluding hydrogens is 386 g/mol. The molecule has 0 amide bonds. The first-order valence-electron chi connectivity index (χ1n) is 8.61. The lowest BCUT2D eigenvalue weighted by molar-refractivity contribution is 0.426. The lowest BCUT2D eigenvalue weighted by Gasteiger charge is -2.18. The molecule has 0 radical (unpaired) electrons. The third-order valence-electron chi connectivity index (χ3n) is 4.12. The number of hydrogen-bond donors (Lipinski definition) is 0. The van der Waals surface area contributed by atoms with E-state index in [0.29, 0.717) is 16.9 Å². The first kappa shape index (κ1) is 19.9. The summed E-state index contributed by atoms with van der Waals surface area (Å²) in [6.07, 6.45) is 3.75. The van der Waals surface area contributed by atoms with E-state index >= 15 is 0 Å². The third-order valence-corrected chi connectivity index (χ3v) is 5.56. The summed E-state index contributed by atoms with van der Waals surface area (Å²) in [5.41, 5.74) is 2.04. The van der Waals surface area contributed by atoms with Gasteiger partial charge in [0, 0.05) is 11.7 Å². The van der Waals surface area contributed by atoms with Crippen LogP contribution in [0.5, 0.6) is 0 Å². The van der Waals surface area contributed by atoms with E-state index in [1.807, 2.05) is 6.26 Å². The molecule has 0 saturated carbocycles. The van der Waals surface area contributed by atoms with E-state index in [1.54, 1.807) is 36.0 Å². The van der Waals surface area contributed by atoms with Gasteiger partial charge in [-0.1, -0.05) is 36.0 Å². The van der Waals surface area contributed by atoms with Crippen LogP contribution < -0.4 is 0 Å². The van der Waals surface area contributed by atoms with Gasteiger partial charge < -0.3 is 4.42 Å². The molecule has 0 fully saturated rings. The van der Waals surface area contributed by atoms with Gasteiger partial charge in [0.25, 0.3) is 5.22 Å². The maximum absolute atomic E-state index is 13.3. The number of thioether (sulfide) groups is 2. The molecule has 3 rings (SSSR count). The van der Waals surface area contributed by atoms with E-state index in [1.165, 1.54) is 36.0 Å². The zero-order valence-electron chi connectivity index (χ0n) is 14.9. The van der Waals surface area contributed by atoms with Gasteiger partial charge in [-0.25, -0.2) is 8.78 Å². The molecule has 2 aromatic carbocycles. The molecule has 3 aromatic rings. The maximum Gasteiger partial charge on any atom is 0.276 e. The Hall–Kier alpha value is -1.86. The fourth-order valence-electron chi connectivity index (χ4n) is 2.84. The molecular formula is C20H20F2N2OS2. The number of benzene rings is 2. The number of nitrogens with zero attached hydrogens (tertiary/aromatic N) is 2. The third kappa shape index (κ3) is 5.81. The monoisotopic (exact) mass is 406 g/mol. The predicted octanol–water partition coefficient (Wildman–Crippen LogP) is 5.92. The Morgan fingerprint density at radius 3 is 2.07 bits per heavy atom. The van der Waals surface area contributed by atoms with Gasteiger partial charge in [0.2, 0.25) is 5.89 Å². The molecule has 142 valence electrons. The Balaban J connectivity index is 1.62. The molecule has 7 heteroatoms. The second-order valence-electron chi connectivity index (χ2n) is 6.04. The normalized spacial score (nSPS) is 11.3. The Labute approximate surface area is 166 Å². The fourth-order valence-corrected chi connectivity index (χ4v) is 3.94. The summed E-state index contributed by atoms with van der Waals surface area (Å²) in [6.45, 7) is 0. The van der Waals surface area contributed by atoms with Gasteiger partial charge >= 0.3 is 0 Å². The molecule has 3 nitrogen and oxygen atoms in total. The van der Waals surface area contributed by atoms with Crippen molar-refractivity contribution in [2.45, 2.75) is 29.7 Å². The summed E-state index contributed by atoms with van der Waals surface area (Å²) in [6, 6.07) is 13.0. The van der Waals surface area contributed by atoms with Crippen molar-refractivity contribution in [3.8, 4) is 0 Å². The minimum Gasteiger partial charge on any atom is -0.415 e. The van der Waals surface area contributed by atoms with E-state index in [9.17, 15) is 8.78 Å². The topological polar surface area (TPSA) is 38.9 Å². The molecule has 0 saturated heterocycles. The van der Waals surface area contributed by atoms with Crippen molar-refractivity contribution in [3.63, 3.8) is 0 Å². The van der Waals surface area contributed by atoms with E-state index in [2.05, 4.69) is 10.2 Å². The SMILES string of the molecule is CSCc1nnc(SCCCC(c2ccc(F)cc2)c2ccc(F)cc2)o1. The first-order chi connectivity index (χ1) is 13.2. The predicted molar refractivity (Wildman–Crippen MR) is 106 cm³/mol. The number of rotatable bonds is 9. The van der Waals surface area contributed by atoms with Crippen LogP contribution in [0.15, 0.2) is 58.2 Å². The Morgan fingerprint density at radius 1 is 0.926 bits per heavy atom. The number of hydrogen-bond acceptors (Lipinski definition) is 5.